The van der Waals surface area contributed by atoms with Crippen LogP contribution in [0.3, 0.4) is 0 Å². The number of carbonyl (C=O) groups is 2. The Morgan fingerprint density at radius 1 is 1.24 bits per heavy atom. The molecular weight excluding hydrogens is 502 g/mol. The minimum Gasteiger partial charge on any atom is -0.348 e. The summed E-state index contributed by atoms with van der Waals surface area (Å²) in [5.41, 5.74) is 3.02. The highest BCUT2D eigenvalue weighted by molar-refractivity contribution is 6.30. The van der Waals surface area contributed by atoms with Crippen molar-refractivity contribution < 1.29 is 9.59 Å². The Balaban J connectivity index is 1.11. The molecule has 2 atom stereocenters. The van der Waals surface area contributed by atoms with Gasteiger partial charge in [0.2, 0.25) is 5.91 Å². The predicted octanol–water partition coefficient (Wildman–Crippen LogP) is 3.95. The number of piperidine rings is 1. The second-order valence-corrected chi connectivity index (χ2v) is 11.6. The number of nitriles is 1. The minimum absolute atomic E-state index is 0.00471. The fraction of sp³-hybridized carbons (Fsp3) is 0.429. The van der Waals surface area contributed by atoms with E-state index >= 15 is 0 Å². The molecule has 38 heavy (non-hydrogen) atoms. The molecule has 10 heteroatoms. The van der Waals surface area contributed by atoms with Gasteiger partial charge in [-0.15, -0.1) is 5.10 Å². The van der Waals surface area contributed by atoms with Crippen LogP contribution in [0.1, 0.15) is 71.8 Å². The number of anilines is 1. The number of benzene rings is 1. The summed E-state index contributed by atoms with van der Waals surface area (Å²) in [4.78, 5) is 31.9. The number of pyridine rings is 1. The van der Waals surface area contributed by atoms with Crippen LogP contribution in [-0.4, -0.2) is 44.4 Å². The molecule has 194 valence electrons. The van der Waals surface area contributed by atoms with E-state index in [1.54, 1.807) is 34.1 Å². The summed E-state index contributed by atoms with van der Waals surface area (Å²) in [6.45, 7) is 6.70. The van der Waals surface area contributed by atoms with Gasteiger partial charge in [0.15, 0.2) is 5.69 Å². The van der Waals surface area contributed by atoms with E-state index in [2.05, 4.69) is 26.7 Å². The Kier molecular flexibility index (Phi) is 5.76. The molecule has 0 radical (unpaired) electrons. The van der Waals surface area contributed by atoms with E-state index < -0.39 is 5.54 Å². The third-order valence-corrected chi connectivity index (χ3v) is 8.52. The highest BCUT2D eigenvalue weighted by atomic mass is 35.5. The summed E-state index contributed by atoms with van der Waals surface area (Å²) in [6.07, 6.45) is 5.91. The van der Waals surface area contributed by atoms with E-state index in [0.717, 1.165) is 48.3 Å². The van der Waals surface area contributed by atoms with Crippen LogP contribution in [0.5, 0.6) is 0 Å². The monoisotopic (exact) mass is 529 g/mol. The van der Waals surface area contributed by atoms with Gasteiger partial charge in [0, 0.05) is 29.7 Å². The zero-order valence-electron chi connectivity index (χ0n) is 21.5. The summed E-state index contributed by atoms with van der Waals surface area (Å²) < 4.78 is 1.67. The Bertz CT molecular complexity index is 1500. The van der Waals surface area contributed by atoms with Gasteiger partial charge in [-0.2, -0.15) is 5.26 Å². The first-order valence-electron chi connectivity index (χ1n) is 12.9. The second-order valence-electron chi connectivity index (χ2n) is 11.2. The molecule has 2 aliphatic carbocycles. The maximum Gasteiger partial charge on any atom is 0.273 e. The standard InChI is InChI=1S/C28H28ClN7O2/c1-15-6-19(12-31-25(15)35-13-18-9-23(18)27(35)38)28(2,3)36-14-24(33-34-36)26(37)32-21-7-17(8-21)22-10-20(29)5-4-16(22)11-30/h4-6,10,12,14,17-18,21,23H,7-9,13H2,1-3H3,(H,32,37)/t17-,18-,21+,23-/m1/s1. The number of carbonyl (C=O) groups excluding carboxylic acids is 2. The summed E-state index contributed by atoms with van der Waals surface area (Å²) in [7, 11) is 0. The van der Waals surface area contributed by atoms with Crippen LogP contribution < -0.4 is 10.2 Å². The lowest BCUT2D eigenvalue weighted by molar-refractivity contribution is -0.118. The van der Waals surface area contributed by atoms with Gasteiger partial charge >= 0.3 is 0 Å². The second kappa shape index (κ2) is 8.91. The maximum atomic E-state index is 12.9. The molecule has 2 saturated carbocycles. The molecule has 1 saturated heterocycles. The molecule has 0 bridgehead atoms. The third-order valence-electron chi connectivity index (χ3n) is 8.28. The number of hydrogen-bond donors (Lipinski definition) is 1. The van der Waals surface area contributed by atoms with Crippen LogP contribution in [0.15, 0.2) is 36.7 Å². The number of aromatic nitrogens is 4. The van der Waals surface area contributed by atoms with Crippen molar-refractivity contribution in [1.29, 1.82) is 5.26 Å². The molecule has 3 aromatic rings. The van der Waals surface area contributed by atoms with Crippen molar-refractivity contribution in [3.05, 3.63) is 69.6 Å². The topological polar surface area (TPSA) is 117 Å². The fourth-order valence-electron chi connectivity index (χ4n) is 5.65. The minimum atomic E-state index is -0.610. The highest BCUT2D eigenvalue weighted by Crippen LogP contribution is 2.47. The number of fused-ring (bicyclic) bond motifs is 1. The smallest absolute Gasteiger partial charge is 0.273 e. The molecule has 6 rings (SSSR count). The van der Waals surface area contributed by atoms with Crippen LogP contribution in [0.4, 0.5) is 5.82 Å². The summed E-state index contributed by atoms with van der Waals surface area (Å²) >= 11 is 6.13. The predicted molar refractivity (Wildman–Crippen MR) is 141 cm³/mol. The Morgan fingerprint density at radius 2 is 2.03 bits per heavy atom. The number of nitrogens with one attached hydrogen (secondary N) is 1. The van der Waals surface area contributed by atoms with Gasteiger partial charge in [-0.1, -0.05) is 16.8 Å². The van der Waals surface area contributed by atoms with Crippen LogP contribution in [-0.2, 0) is 10.3 Å². The largest absolute Gasteiger partial charge is 0.348 e. The molecule has 9 nitrogen and oxygen atoms in total. The molecule has 0 unspecified atom stereocenters. The number of rotatable bonds is 6. The average molecular weight is 530 g/mol. The van der Waals surface area contributed by atoms with Gasteiger partial charge in [-0.3, -0.25) is 14.5 Å². The average Bonchev–Trinajstić information content (AvgIpc) is 3.31. The summed E-state index contributed by atoms with van der Waals surface area (Å²) in [6, 6.07) is 9.54. The van der Waals surface area contributed by atoms with Crippen molar-refractivity contribution in [1.82, 2.24) is 25.3 Å². The number of hydrogen-bond acceptors (Lipinski definition) is 6. The molecule has 2 amide bonds. The molecule has 1 aromatic carbocycles. The SMILES string of the molecule is Cc1cc(C(C)(C)n2cc(C(=O)N[C@H]3C[C@@H](c4cc(Cl)ccc4C#N)C3)nn2)cnc1N1C[C@H]2C[C@H]2C1=O. The van der Waals surface area contributed by atoms with Gasteiger partial charge in [-0.05, 0) is 92.8 Å². The van der Waals surface area contributed by atoms with Crippen LogP contribution in [0.25, 0.3) is 0 Å². The molecule has 0 spiro atoms. The quantitative estimate of drug-likeness (QED) is 0.516. The first kappa shape index (κ1) is 24.6. The normalized spacial score (nSPS) is 24.0. The van der Waals surface area contributed by atoms with Crippen molar-refractivity contribution in [3.8, 4) is 6.07 Å². The van der Waals surface area contributed by atoms with Crippen molar-refractivity contribution in [2.24, 2.45) is 11.8 Å². The van der Waals surface area contributed by atoms with E-state index in [1.165, 1.54) is 0 Å². The van der Waals surface area contributed by atoms with E-state index in [0.29, 0.717) is 16.5 Å². The van der Waals surface area contributed by atoms with Crippen LogP contribution >= 0.6 is 11.6 Å². The first-order chi connectivity index (χ1) is 18.2. The molecule has 3 heterocycles. The number of nitrogens with zero attached hydrogens (tertiary/aromatic N) is 6. The zero-order chi connectivity index (χ0) is 26.8. The third kappa shape index (κ3) is 4.13. The van der Waals surface area contributed by atoms with E-state index in [4.69, 9.17) is 11.6 Å². The Labute approximate surface area is 225 Å². The first-order valence-corrected chi connectivity index (χ1v) is 13.2. The molecule has 3 aliphatic rings. The van der Waals surface area contributed by atoms with Gasteiger partial charge in [0.25, 0.3) is 5.91 Å². The van der Waals surface area contributed by atoms with Crippen molar-refractivity contribution in [2.45, 2.75) is 57.5 Å². The van der Waals surface area contributed by atoms with Gasteiger partial charge in [0.05, 0.1) is 23.4 Å². The number of amides is 2. The zero-order valence-corrected chi connectivity index (χ0v) is 22.2. The van der Waals surface area contributed by atoms with Gasteiger partial charge in [-0.25, -0.2) is 9.67 Å². The maximum absolute atomic E-state index is 12.9. The fourth-order valence-corrected chi connectivity index (χ4v) is 5.83. The Hall–Kier alpha value is -3.77. The molecule has 2 aromatic heterocycles. The van der Waals surface area contributed by atoms with E-state index in [1.807, 2.05) is 32.9 Å². The lowest BCUT2D eigenvalue weighted by atomic mass is 9.74. The Morgan fingerprint density at radius 3 is 2.71 bits per heavy atom. The number of aryl methyl sites for hydroxylation is 1. The lowest BCUT2D eigenvalue weighted by Crippen LogP contribution is -2.43. The molecule has 1 aliphatic heterocycles. The van der Waals surface area contributed by atoms with Crippen LogP contribution in [0, 0.1) is 30.1 Å². The summed E-state index contributed by atoms with van der Waals surface area (Å²) in [5, 5.41) is 21.4. The lowest BCUT2D eigenvalue weighted by Gasteiger charge is -2.36. The van der Waals surface area contributed by atoms with Crippen LogP contribution in [0.2, 0.25) is 5.02 Å². The van der Waals surface area contributed by atoms with E-state index in [9.17, 15) is 14.9 Å². The summed E-state index contributed by atoms with van der Waals surface area (Å²) in [5.74, 6) is 1.47. The molecular formula is C28H28ClN7O2. The van der Waals surface area contributed by atoms with E-state index in [-0.39, 0.29) is 35.4 Å². The van der Waals surface area contributed by atoms with Crippen molar-refractivity contribution >= 4 is 29.2 Å². The molecule has 1 N–H and O–H groups in total. The highest BCUT2D eigenvalue weighted by Gasteiger charge is 2.53. The molecule has 3 fully saturated rings. The number of halogens is 1. The van der Waals surface area contributed by atoms with Crippen molar-refractivity contribution in [2.75, 3.05) is 11.4 Å². The van der Waals surface area contributed by atoms with Gasteiger partial charge in [0.1, 0.15) is 5.82 Å². The van der Waals surface area contributed by atoms with Crippen molar-refractivity contribution in [3.63, 3.8) is 0 Å². The van der Waals surface area contributed by atoms with Gasteiger partial charge < -0.3 is 5.32 Å².